The first-order valence-corrected chi connectivity index (χ1v) is 6.78. The Hall–Kier alpha value is -1.22. The molecule has 2 N–H and O–H groups in total. The highest BCUT2D eigenvalue weighted by atomic mass is 16.5. The molecule has 0 amide bonds. The first-order valence-electron chi connectivity index (χ1n) is 6.78. The second-order valence-electron chi connectivity index (χ2n) is 4.96. The maximum absolute atomic E-state index is 6.08. The Balaban J connectivity index is 2.51. The second kappa shape index (κ2) is 5.61. The van der Waals surface area contributed by atoms with Crippen molar-refractivity contribution in [3.8, 4) is 11.5 Å². The van der Waals surface area contributed by atoms with Crippen LogP contribution < -0.4 is 15.2 Å². The monoisotopic (exact) mass is 249 g/mol. The van der Waals surface area contributed by atoms with Crippen molar-refractivity contribution in [3.63, 3.8) is 0 Å². The molecule has 1 aromatic rings. The molecule has 0 aromatic heterocycles. The summed E-state index contributed by atoms with van der Waals surface area (Å²) in [5, 5.41) is 0. The molecule has 100 valence electrons. The van der Waals surface area contributed by atoms with Crippen molar-refractivity contribution in [1.82, 2.24) is 0 Å². The summed E-state index contributed by atoms with van der Waals surface area (Å²) in [4.78, 5) is 0. The van der Waals surface area contributed by atoms with Gasteiger partial charge in [0.1, 0.15) is 11.5 Å². The summed E-state index contributed by atoms with van der Waals surface area (Å²) in [6.07, 6.45) is 4.73. The van der Waals surface area contributed by atoms with E-state index in [9.17, 15) is 0 Å². The molecular weight excluding hydrogens is 226 g/mol. The lowest BCUT2D eigenvalue weighted by Crippen LogP contribution is -2.33. The fourth-order valence-electron chi connectivity index (χ4n) is 3.09. The van der Waals surface area contributed by atoms with Crippen LogP contribution in [0.25, 0.3) is 0 Å². The average Bonchev–Trinajstić information content (AvgIpc) is 2.88. The third kappa shape index (κ3) is 2.19. The highest BCUT2D eigenvalue weighted by Crippen LogP contribution is 2.48. The Morgan fingerprint density at radius 1 is 1.22 bits per heavy atom. The van der Waals surface area contributed by atoms with Crippen LogP contribution in [0.5, 0.6) is 11.5 Å². The van der Waals surface area contributed by atoms with Gasteiger partial charge in [0.25, 0.3) is 0 Å². The van der Waals surface area contributed by atoms with Gasteiger partial charge in [-0.1, -0.05) is 18.9 Å². The maximum atomic E-state index is 6.08. The van der Waals surface area contributed by atoms with Crippen LogP contribution in [-0.4, -0.2) is 20.3 Å². The number of hydrogen-bond acceptors (Lipinski definition) is 3. The van der Waals surface area contributed by atoms with E-state index >= 15 is 0 Å². The summed E-state index contributed by atoms with van der Waals surface area (Å²) in [6, 6.07) is 6.01. The lowest BCUT2D eigenvalue weighted by molar-refractivity contribution is 0.311. The van der Waals surface area contributed by atoms with Gasteiger partial charge in [-0.3, -0.25) is 0 Å². The van der Waals surface area contributed by atoms with Crippen molar-refractivity contribution in [2.45, 2.75) is 38.0 Å². The molecule has 0 heterocycles. The topological polar surface area (TPSA) is 44.5 Å². The minimum absolute atomic E-state index is 0.0388. The van der Waals surface area contributed by atoms with Crippen LogP contribution >= 0.6 is 0 Å². The Bertz CT molecular complexity index is 397. The number of methoxy groups -OCH3 is 1. The van der Waals surface area contributed by atoms with Gasteiger partial charge in [0.15, 0.2) is 0 Å². The van der Waals surface area contributed by atoms with Crippen molar-refractivity contribution in [2.75, 3.05) is 20.3 Å². The third-order valence-corrected chi connectivity index (χ3v) is 3.99. The summed E-state index contributed by atoms with van der Waals surface area (Å²) in [5.41, 5.74) is 7.29. The van der Waals surface area contributed by atoms with E-state index < -0.39 is 0 Å². The van der Waals surface area contributed by atoms with Gasteiger partial charge < -0.3 is 15.2 Å². The van der Waals surface area contributed by atoms with Crippen LogP contribution in [0.2, 0.25) is 0 Å². The van der Waals surface area contributed by atoms with Gasteiger partial charge in [0.05, 0.1) is 13.7 Å². The molecule has 0 aliphatic heterocycles. The zero-order valence-electron chi connectivity index (χ0n) is 11.4. The maximum Gasteiger partial charge on any atom is 0.126 e. The van der Waals surface area contributed by atoms with E-state index in [-0.39, 0.29) is 5.41 Å². The molecule has 3 heteroatoms. The van der Waals surface area contributed by atoms with Crippen LogP contribution in [0.15, 0.2) is 18.2 Å². The number of nitrogens with two attached hydrogens (primary N) is 1. The molecule has 1 saturated carbocycles. The fourth-order valence-corrected chi connectivity index (χ4v) is 3.09. The van der Waals surface area contributed by atoms with Gasteiger partial charge in [0.2, 0.25) is 0 Å². The molecular formula is C15H23NO2. The lowest BCUT2D eigenvalue weighted by atomic mass is 9.78. The smallest absolute Gasteiger partial charge is 0.126 e. The van der Waals surface area contributed by atoms with Gasteiger partial charge >= 0.3 is 0 Å². The SMILES string of the molecule is CCOc1cccc(OC)c1C1(CN)CCCC1. The number of benzene rings is 1. The van der Waals surface area contributed by atoms with E-state index in [4.69, 9.17) is 15.2 Å². The van der Waals surface area contributed by atoms with Gasteiger partial charge in [-0.25, -0.2) is 0 Å². The van der Waals surface area contributed by atoms with E-state index in [1.54, 1.807) is 7.11 Å². The molecule has 0 bridgehead atoms. The first kappa shape index (κ1) is 13.2. The normalized spacial score (nSPS) is 17.7. The Morgan fingerprint density at radius 3 is 2.44 bits per heavy atom. The third-order valence-electron chi connectivity index (χ3n) is 3.99. The highest BCUT2D eigenvalue weighted by molar-refractivity contribution is 5.50. The first-order chi connectivity index (χ1) is 8.77. The Kier molecular flexibility index (Phi) is 4.12. The van der Waals surface area contributed by atoms with Crippen molar-refractivity contribution in [1.29, 1.82) is 0 Å². The van der Waals surface area contributed by atoms with Crippen molar-refractivity contribution in [2.24, 2.45) is 5.73 Å². The van der Waals surface area contributed by atoms with Crippen molar-refractivity contribution in [3.05, 3.63) is 23.8 Å². The summed E-state index contributed by atoms with van der Waals surface area (Å²) in [7, 11) is 1.72. The standard InChI is InChI=1S/C15H23NO2/c1-3-18-13-8-6-7-12(17-2)14(13)15(11-16)9-4-5-10-15/h6-8H,3-5,9-11,16H2,1-2H3. The highest BCUT2D eigenvalue weighted by Gasteiger charge is 2.39. The summed E-state index contributed by atoms with van der Waals surface area (Å²) < 4.78 is 11.3. The molecule has 18 heavy (non-hydrogen) atoms. The molecule has 1 fully saturated rings. The minimum Gasteiger partial charge on any atom is -0.496 e. The van der Waals surface area contributed by atoms with Gasteiger partial charge in [0, 0.05) is 17.5 Å². The summed E-state index contributed by atoms with van der Waals surface area (Å²) in [6.45, 7) is 3.33. The van der Waals surface area contributed by atoms with Crippen LogP contribution in [0, 0.1) is 0 Å². The molecule has 0 spiro atoms. The van der Waals surface area contributed by atoms with Crippen LogP contribution in [0.1, 0.15) is 38.2 Å². The molecule has 0 unspecified atom stereocenters. The molecule has 0 radical (unpaired) electrons. The van der Waals surface area contributed by atoms with E-state index in [1.807, 2.05) is 25.1 Å². The number of rotatable bonds is 5. The minimum atomic E-state index is 0.0388. The fraction of sp³-hybridized carbons (Fsp3) is 0.600. The number of hydrogen-bond donors (Lipinski definition) is 1. The van der Waals surface area contributed by atoms with Gasteiger partial charge in [-0.2, -0.15) is 0 Å². The van der Waals surface area contributed by atoms with E-state index in [1.165, 1.54) is 18.4 Å². The van der Waals surface area contributed by atoms with Crippen LogP contribution in [0.3, 0.4) is 0 Å². The second-order valence-corrected chi connectivity index (χ2v) is 4.96. The van der Waals surface area contributed by atoms with E-state index in [0.29, 0.717) is 13.2 Å². The average molecular weight is 249 g/mol. The molecule has 1 aromatic carbocycles. The Labute approximate surface area is 109 Å². The van der Waals surface area contributed by atoms with Crippen molar-refractivity contribution < 1.29 is 9.47 Å². The van der Waals surface area contributed by atoms with Crippen LogP contribution in [0.4, 0.5) is 0 Å². The van der Waals surface area contributed by atoms with Crippen LogP contribution in [-0.2, 0) is 5.41 Å². The predicted molar refractivity (Wildman–Crippen MR) is 73.4 cm³/mol. The molecule has 3 nitrogen and oxygen atoms in total. The molecule has 0 atom stereocenters. The predicted octanol–water partition coefficient (Wildman–Crippen LogP) is 2.86. The quantitative estimate of drug-likeness (QED) is 0.872. The lowest BCUT2D eigenvalue weighted by Gasteiger charge is -2.31. The zero-order chi connectivity index (χ0) is 13.0. The molecule has 1 aliphatic carbocycles. The summed E-state index contributed by atoms with van der Waals surface area (Å²) in [5.74, 6) is 1.84. The van der Waals surface area contributed by atoms with E-state index in [2.05, 4.69) is 0 Å². The Morgan fingerprint density at radius 2 is 1.89 bits per heavy atom. The molecule has 0 saturated heterocycles. The van der Waals surface area contributed by atoms with Gasteiger partial charge in [-0.15, -0.1) is 0 Å². The van der Waals surface area contributed by atoms with E-state index in [0.717, 1.165) is 24.3 Å². The number of ether oxygens (including phenoxy) is 2. The largest absolute Gasteiger partial charge is 0.496 e. The molecule has 1 aliphatic rings. The summed E-state index contributed by atoms with van der Waals surface area (Å²) >= 11 is 0. The molecule has 2 rings (SSSR count). The van der Waals surface area contributed by atoms with Gasteiger partial charge in [-0.05, 0) is 31.9 Å². The zero-order valence-corrected chi connectivity index (χ0v) is 11.4. The van der Waals surface area contributed by atoms with Crippen molar-refractivity contribution >= 4 is 0 Å².